The molecule has 2 heteroatoms. The highest BCUT2D eigenvalue weighted by molar-refractivity contribution is 5.30. The first-order valence-electron chi connectivity index (χ1n) is 5.15. The smallest absolute Gasteiger partial charge is 0.0292 e. The largest absolute Gasteiger partial charge is 0.402 e. The van der Waals surface area contributed by atoms with Gasteiger partial charge in [0.1, 0.15) is 0 Å². The van der Waals surface area contributed by atoms with Gasteiger partial charge in [0.25, 0.3) is 0 Å². The Morgan fingerprint density at radius 1 is 1.54 bits per heavy atom. The first kappa shape index (κ1) is 10.3. The van der Waals surface area contributed by atoms with Crippen molar-refractivity contribution in [1.29, 1.82) is 0 Å². The van der Waals surface area contributed by atoms with Crippen LogP contribution in [0.4, 0.5) is 0 Å². The second-order valence-corrected chi connectivity index (χ2v) is 3.71. The Morgan fingerprint density at radius 2 is 2.31 bits per heavy atom. The minimum absolute atomic E-state index is 0.193. The quantitative estimate of drug-likeness (QED) is 0.696. The molecule has 0 aromatic rings. The summed E-state index contributed by atoms with van der Waals surface area (Å²) in [7, 11) is 0. The van der Waals surface area contributed by atoms with Crippen LogP contribution in [0, 0.1) is 0 Å². The zero-order chi connectivity index (χ0) is 9.68. The van der Waals surface area contributed by atoms with E-state index in [-0.39, 0.29) is 6.04 Å². The number of hydrogen-bond donors (Lipinski definition) is 2. The zero-order valence-corrected chi connectivity index (χ0v) is 8.42. The predicted octanol–water partition coefficient (Wildman–Crippen LogP) is 2.07. The van der Waals surface area contributed by atoms with Crippen molar-refractivity contribution in [3.63, 3.8) is 0 Å². The Labute approximate surface area is 80.7 Å². The summed E-state index contributed by atoms with van der Waals surface area (Å²) in [6.07, 6.45) is 9.79. The highest BCUT2D eigenvalue weighted by Crippen LogP contribution is 2.18. The molecule has 2 nitrogen and oxygen atoms in total. The third-order valence-electron chi connectivity index (χ3n) is 2.46. The van der Waals surface area contributed by atoms with Gasteiger partial charge in [0.2, 0.25) is 0 Å². The van der Waals surface area contributed by atoms with E-state index in [4.69, 9.17) is 11.5 Å². The average molecular weight is 180 g/mol. The molecule has 0 fully saturated rings. The summed E-state index contributed by atoms with van der Waals surface area (Å²) < 4.78 is 0. The molecule has 1 atom stereocenters. The van der Waals surface area contributed by atoms with Crippen LogP contribution in [0.2, 0.25) is 0 Å². The van der Waals surface area contributed by atoms with Crippen LogP contribution in [0.3, 0.4) is 0 Å². The Morgan fingerprint density at radius 3 is 2.92 bits per heavy atom. The molecule has 1 aliphatic carbocycles. The number of allylic oxidation sites excluding steroid dienone is 2. The first-order chi connectivity index (χ1) is 6.24. The van der Waals surface area contributed by atoms with E-state index in [0.717, 1.165) is 25.0 Å². The lowest BCUT2D eigenvalue weighted by atomic mass is 9.95. The summed E-state index contributed by atoms with van der Waals surface area (Å²) in [5, 5.41) is 0. The molecule has 74 valence electrons. The molecular formula is C11H20N2. The van der Waals surface area contributed by atoms with Gasteiger partial charge in [-0.25, -0.2) is 0 Å². The molecule has 0 saturated heterocycles. The van der Waals surface area contributed by atoms with Gasteiger partial charge < -0.3 is 11.5 Å². The average Bonchev–Trinajstić information content (AvgIpc) is 2.14. The second kappa shape index (κ2) is 5.07. The van der Waals surface area contributed by atoms with Crippen molar-refractivity contribution in [2.24, 2.45) is 11.5 Å². The molecule has 0 aromatic carbocycles. The lowest BCUT2D eigenvalue weighted by Crippen LogP contribution is -2.23. The number of nitrogens with two attached hydrogens (primary N) is 2. The third kappa shape index (κ3) is 3.23. The van der Waals surface area contributed by atoms with Crippen molar-refractivity contribution in [1.82, 2.24) is 0 Å². The maximum Gasteiger partial charge on any atom is 0.0292 e. The molecule has 0 radical (unpaired) electrons. The Balaban J connectivity index is 2.46. The molecule has 0 aromatic heterocycles. The van der Waals surface area contributed by atoms with E-state index in [1.807, 2.05) is 6.08 Å². The van der Waals surface area contributed by atoms with Crippen molar-refractivity contribution in [3.05, 3.63) is 23.4 Å². The fraction of sp³-hybridized carbons (Fsp3) is 0.636. The van der Waals surface area contributed by atoms with Gasteiger partial charge >= 0.3 is 0 Å². The van der Waals surface area contributed by atoms with Crippen LogP contribution in [-0.4, -0.2) is 6.04 Å². The fourth-order valence-electron chi connectivity index (χ4n) is 1.60. The van der Waals surface area contributed by atoms with Crippen molar-refractivity contribution in [2.75, 3.05) is 0 Å². The lowest BCUT2D eigenvalue weighted by molar-refractivity contribution is 0.635. The van der Waals surface area contributed by atoms with Crippen LogP contribution < -0.4 is 11.5 Å². The molecule has 0 amide bonds. The van der Waals surface area contributed by atoms with Crippen LogP contribution in [0.5, 0.6) is 0 Å². The fourth-order valence-corrected chi connectivity index (χ4v) is 1.60. The van der Waals surface area contributed by atoms with Crippen LogP contribution in [0.1, 0.15) is 39.0 Å². The van der Waals surface area contributed by atoms with Gasteiger partial charge in [-0.3, -0.25) is 0 Å². The maximum atomic E-state index is 6.03. The van der Waals surface area contributed by atoms with E-state index in [1.165, 1.54) is 18.4 Å². The van der Waals surface area contributed by atoms with E-state index in [2.05, 4.69) is 13.0 Å². The SMILES string of the molecule is CCCCC(N)C1=CCCC(N)=C1. The molecule has 1 unspecified atom stereocenters. The summed E-state index contributed by atoms with van der Waals surface area (Å²) in [6.45, 7) is 2.19. The number of rotatable bonds is 4. The van der Waals surface area contributed by atoms with Gasteiger partial charge in [-0.1, -0.05) is 25.8 Å². The number of unbranched alkanes of at least 4 members (excludes halogenated alkanes) is 1. The Kier molecular flexibility index (Phi) is 4.03. The third-order valence-corrected chi connectivity index (χ3v) is 2.46. The minimum atomic E-state index is 0.193. The molecular weight excluding hydrogens is 160 g/mol. The summed E-state index contributed by atoms with van der Waals surface area (Å²) in [6, 6.07) is 0.193. The standard InChI is InChI=1S/C11H20N2/c1-2-3-7-11(13)9-5-4-6-10(12)8-9/h5,8,11H,2-4,6-7,12-13H2,1H3. The summed E-state index contributed by atoms with van der Waals surface area (Å²) in [5.74, 6) is 0. The Hall–Kier alpha value is -0.760. The van der Waals surface area contributed by atoms with Crippen LogP contribution in [0.15, 0.2) is 23.4 Å². The lowest BCUT2D eigenvalue weighted by Gasteiger charge is -2.16. The zero-order valence-electron chi connectivity index (χ0n) is 8.42. The van der Waals surface area contributed by atoms with E-state index in [0.29, 0.717) is 0 Å². The minimum Gasteiger partial charge on any atom is -0.402 e. The maximum absolute atomic E-state index is 6.03. The van der Waals surface area contributed by atoms with Crippen molar-refractivity contribution >= 4 is 0 Å². The molecule has 1 aliphatic rings. The molecule has 0 bridgehead atoms. The van der Waals surface area contributed by atoms with Gasteiger partial charge in [-0.05, 0) is 30.9 Å². The van der Waals surface area contributed by atoms with Crippen molar-refractivity contribution < 1.29 is 0 Å². The summed E-state index contributed by atoms with van der Waals surface area (Å²) in [4.78, 5) is 0. The molecule has 0 saturated carbocycles. The molecule has 1 rings (SSSR count). The van der Waals surface area contributed by atoms with Gasteiger partial charge in [-0.2, -0.15) is 0 Å². The highest BCUT2D eigenvalue weighted by Gasteiger charge is 2.09. The van der Waals surface area contributed by atoms with Gasteiger partial charge in [-0.15, -0.1) is 0 Å². The van der Waals surface area contributed by atoms with Gasteiger partial charge in [0.05, 0.1) is 0 Å². The monoisotopic (exact) mass is 180 g/mol. The van der Waals surface area contributed by atoms with Crippen LogP contribution in [-0.2, 0) is 0 Å². The van der Waals surface area contributed by atoms with Gasteiger partial charge in [0, 0.05) is 11.7 Å². The predicted molar refractivity (Wildman–Crippen MR) is 57.1 cm³/mol. The Bertz CT molecular complexity index is 216. The first-order valence-corrected chi connectivity index (χ1v) is 5.15. The van der Waals surface area contributed by atoms with E-state index in [9.17, 15) is 0 Å². The van der Waals surface area contributed by atoms with Crippen LogP contribution >= 0.6 is 0 Å². The van der Waals surface area contributed by atoms with E-state index < -0.39 is 0 Å². The normalized spacial score (nSPS) is 19.2. The molecule has 0 aliphatic heterocycles. The molecule has 0 spiro atoms. The number of hydrogen-bond acceptors (Lipinski definition) is 2. The van der Waals surface area contributed by atoms with E-state index >= 15 is 0 Å². The van der Waals surface area contributed by atoms with Crippen LogP contribution in [0.25, 0.3) is 0 Å². The van der Waals surface area contributed by atoms with E-state index in [1.54, 1.807) is 0 Å². The van der Waals surface area contributed by atoms with Crippen molar-refractivity contribution in [3.8, 4) is 0 Å². The summed E-state index contributed by atoms with van der Waals surface area (Å²) in [5.41, 5.74) is 14.0. The summed E-state index contributed by atoms with van der Waals surface area (Å²) >= 11 is 0. The second-order valence-electron chi connectivity index (χ2n) is 3.71. The topological polar surface area (TPSA) is 52.0 Å². The molecule has 0 heterocycles. The molecule has 4 N–H and O–H groups in total. The van der Waals surface area contributed by atoms with Crippen molar-refractivity contribution in [2.45, 2.75) is 45.1 Å². The van der Waals surface area contributed by atoms with Gasteiger partial charge in [0.15, 0.2) is 0 Å². The molecule has 13 heavy (non-hydrogen) atoms. The highest BCUT2D eigenvalue weighted by atomic mass is 14.6.